The second kappa shape index (κ2) is 4.22. The Labute approximate surface area is 122 Å². The van der Waals surface area contributed by atoms with Crippen molar-refractivity contribution in [2.75, 3.05) is 0 Å². The van der Waals surface area contributed by atoms with Gasteiger partial charge in [-0.3, -0.25) is 0 Å². The van der Waals surface area contributed by atoms with Crippen LogP contribution in [0.2, 0.25) is 18.1 Å². The molecule has 3 aromatic rings. The van der Waals surface area contributed by atoms with Crippen molar-refractivity contribution in [3.05, 3.63) is 42.5 Å². The summed E-state index contributed by atoms with van der Waals surface area (Å²) in [4.78, 5) is 3.51. The third-order valence-corrected chi connectivity index (χ3v) is 10.6. The predicted molar refractivity (Wildman–Crippen MR) is 92.6 cm³/mol. The molecule has 0 amide bonds. The van der Waals surface area contributed by atoms with Crippen LogP contribution >= 0.6 is 0 Å². The number of fused-ring (bicyclic) bond motifs is 3. The Hall–Kier alpha value is -1.54. The lowest BCUT2D eigenvalue weighted by molar-refractivity contribution is 0.729. The first kappa shape index (κ1) is 13.4. The van der Waals surface area contributed by atoms with Crippen LogP contribution in [-0.2, 0) is 0 Å². The van der Waals surface area contributed by atoms with Crippen molar-refractivity contribution in [2.24, 2.45) is 0 Å². The van der Waals surface area contributed by atoms with E-state index in [1.165, 1.54) is 21.8 Å². The van der Waals surface area contributed by atoms with E-state index in [1.54, 1.807) is 5.19 Å². The van der Waals surface area contributed by atoms with Gasteiger partial charge in [-0.2, -0.15) is 0 Å². The van der Waals surface area contributed by atoms with E-state index in [4.69, 9.17) is 0 Å². The van der Waals surface area contributed by atoms with Crippen molar-refractivity contribution >= 4 is 35.1 Å². The average Bonchev–Trinajstić information content (AvgIpc) is 2.75. The van der Waals surface area contributed by atoms with E-state index in [9.17, 15) is 0 Å². The molecule has 0 aliphatic rings. The first-order chi connectivity index (χ1) is 9.30. The number of hydrogen-bond acceptors (Lipinski definition) is 0. The summed E-state index contributed by atoms with van der Waals surface area (Å²) >= 11 is 0. The predicted octanol–water partition coefficient (Wildman–Crippen LogP) is 5.04. The summed E-state index contributed by atoms with van der Waals surface area (Å²) in [6.07, 6.45) is 0. The van der Waals surface area contributed by atoms with Crippen LogP contribution in [0.1, 0.15) is 20.8 Å². The molecule has 0 atom stereocenters. The normalized spacial score (nSPS) is 13.2. The lowest BCUT2D eigenvalue weighted by atomic mass is 10.1. The summed E-state index contributed by atoms with van der Waals surface area (Å²) in [6, 6.07) is 15.6. The highest BCUT2D eigenvalue weighted by atomic mass is 28.3. The number of aromatic amines is 1. The molecule has 0 saturated carbocycles. The van der Waals surface area contributed by atoms with Gasteiger partial charge in [0, 0.05) is 21.8 Å². The zero-order chi connectivity index (χ0) is 14.5. The van der Waals surface area contributed by atoms with Crippen LogP contribution in [0.25, 0.3) is 21.8 Å². The molecule has 104 valence electrons. The van der Waals surface area contributed by atoms with Crippen LogP contribution in [0.15, 0.2) is 42.5 Å². The molecule has 0 radical (unpaired) electrons. The Bertz CT molecular complexity index is 775. The molecule has 20 heavy (non-hydrogen) atoms. The molecule has 0 aliphatic heterocycles. The summed E-state index contributed by atoms with van der Waals surface area (Å²) in [5.41, 5.74) is 2.48. The molecule has 0 aliphatic carbocycles. The second-order valence-corrected chi connectivity index (χ2v) is 12.6. The smallest absolute Gasteiger partial charge is 0.0859 e. The summed E-state index contributed by atoms with van der Waals surface area (Å²) < 4.78 is 0. The van der Waals surface area contributed by atoms with Crippen LogP contribution in [0.5, 0.6) is 0 Å². The van der Waals surface area contributed by atoms with Gasteiger partial charge < -0.3 is 4.98 Å². The van der Waals surface area contributed by atoms with Crippen LogP contribution in [0.3, 0.4) is 0 Å². The van der Waals surface area contributed by atoms with Crippen LogP contribution in [0.4, 0.5) is 0 Å². The third-order valence-electron chi connectivity index (χ3n) is 5.10. The van der Waals surface area contributed by atoms with Gasteiger partial charge in [0.05, 0.1) is 8.07 Å². The van der Waals surface area contributed by atoms with Gasteiger partial charge in [-0.05, 0) is 17.2 Å². The molecule has 1 N–H and O–H groups in total. The van der Waals surface area contributed by atoms with E-state index in [-0.39, 0.29) is 0 Å². The monoisotopic (exact) mass is 281 g/mol. The Kier molecular flexibility index (Phi) is 2.84. The second-order valence-electron chi connectivity index (χ2n) is 7.31. The highest BCUT2D eigenvalue weighted by Crippen LogP contribution is 2.36. The minimum atomic E-state index is -1.47. The quantitative estimate of drug-likeness (QED) is 0.602. The largest absolute Gasteiger partial charge is 0.355 e. The van der Waals surface area contributed by atoms with Gasteiger partial charge in [-0.25, -0.2) is 0 Å². The van der Waals surface area contributed by atoms with Crippen molar-refractivity contribution < 1.29 is 0 Å². The van der Waals surface area contributed by atoms with Crippen molar-refractivity contribution in [1.29, 1.82) is 0 Å². The van der Waals surface area contributed by atoms with Crippen molar-refractivity contribution in [3.8, 4) is 0 Å². The number of hydrogen-bond donors (Lipinski definition) is 1. The topological polar surface area (TPSA) is 15.8 Å². The Morgan fingerprint density at radius 1 is 0.850 bits per heavy atom. The van der Waals surface area contributed by atoms with Crippen LogP contribution in [0, 0.1) is 0 Å². The molecule has 1 nitrogen and oxygen atoms in total. The fourth-order valence-electron chi connectivity index (χ4n) is 2.67. The highest BCUT2D eigenvalue weighted by Gasteiger charge is 2.36. The van der Waals surface area contributed by atoms with Gasteiger partial charge in [-0.1, -0.05) is 69.4 Å². The summed E-state index contributed by atoms with van der Waals surface area (Å²) in [6.45, 7) is 12.1. The highest BCUT2D eigenvalue weighted by molar-refractivity contribution is 6.92. The maximum Gasteiger partial charge on any atom is 0.0859 e. The molecular formula is C18H23NSi. The minimum absolute atomic E-state index is 0.368. The molecule has 0 bridgehead atoms. The number of aromatic nitrogens is 1. The van der Waals surface area contributed by atoms with Crippen molar-refractivity contribution in [3.63, 3.8) is 0 Å². The van der Waals surface area contributed by atoms with Crippen molar-refractivity contribution in [1.82, 2.24) is 4.98 Å². The standard InChI is InChI=1S/C18H23NSi/c1-18(2,3)20(4,5)13-10-11-17-15(12-13)14-8-6-7-9-16(14)19-17/h6-12,19H,1-5H3. The molecule has 1 aromatic heterocycles. The van der Waals surface area contributed by atoms with E-state index >= 15 is 0 Å². The SMILES string of the molecule is CC(C)(C)[Si](C)(C)c1ccc2[nH]c3ccccc3c2c1. The van der Waals surface area contributed by atoms with Gasteiger partial charge >= 0.3 is 0 Å². The van der Waals surface area contributed by atoms with E-state index < -0.39 is 8.07 Å². The average molecular weight is 281 g/mol. The first-order valence-corrected chi connectivity index (χ1v) is 10.3. The molecule has 0 fully saturated rings. The molecule has 0 spiro atoms. The van der Waals surface area contributed by atoms with Gasteiger partial charge in [0.1, 0.15) is 0 Å². The Morgan fingerprint density at radius 2 is 1.50 bits per heavy atom. The zero-order valence-electron chi connectivity index (χ0n) is 13.0. The summed E-state index contributed by atoms with van der Waals surface area (Å²) in [5.74, 6) is 0. The third kappa shape index (κ3) is 1.90. The summed E-state index contributed by atoms with van der Waals surface area (Å²) in [5, 5.41) is 4.61. The molecule has 2 heteroatoms. The molecule has 3 rings (SSSR count). The lowest BCUT2D eigenvalue weighted by Gasteiger charge is -2.37. The van der Waals surface area contributed by atoms with E-state index in [2.05, 4.69) is 81.3 Å². The Balaban J connectivity index is 2.27. The number of rotatable bonds is 1. The number of para-hydroxylation sites is 1. The molecule has 0 saturated heterocycles. The molecule has 0 unspecified atom stereocenters. The Morgan fingerprint density at radius 3 is 2.20 bits per heavy atom. The van der Waals surface area contributed by atoms with E-state index in [0.29, 0.717) is 5.04 Å². The fourth-order valence-corrected chi connectivity index (χ4v) is 4.54. The summed E-state index contributed by atoms with van der Waals surface area (Å²) in [7, 11) is -1.47. The molecule has 2 aromatic carbocycles. The fraction of sp³-hybridized carbons (Fsp3) is 0.333. The van der Waals surface area contributed by atoms with Gasteiger partial charge in [0.2, 0.25) is 0 Å². The number of nitrogens with one attached hydrogen (secondary N) is 1. The van der Waals surface area contributed by atoms with Crippen LogP contribution < -0.4 is 5.19 Å². The van der Waals surface area contributed by atoms with Gasteiger partial charge in [0.15, 0.2) is 0 Å². The number of benzene rings is 2. The molecular weight excluding hydrogens is 258 g/mol. The zero-order valence-corrected chi connectivity index (χ0v) is 14.0. The van der Waals surface area contributed by atoms with E-state index in [0.717, 1.165) is 0 Å². The van der Waals surface area contributed by atoms with E-state index in [1.807, 2.05) is 0 Å². The molecule has 1 heterocycles. The number of H-pyrrole nitrogens is 1. The maximum absolute atomic E-state index is 3.51. The lowest BCUT2D eigenvalue weighted by Crippen LogP contribution is -2.49. The van der Waals surface area contributed by atoms with Gasteiger partial charge in [-0.15, -0.1) is 0 Å². The van der Waals surface area contributed by atoms with Gasteiger partial charge in [0.25, 0.3) is 0 Å². The van der Waals surface area contributed by atoms with Crippen molar-refractivity contribution in [2.45, 2.75) is 38.9 Å². The van der Waals surface area contributed by atoms with Crippen LogP contribution in [-0.4, -0.2) is 13.1 Å². The first-order valence-electron chi connectivity index (χ1n) is 7.32. The minimum Gasteiger partial charge on any atom is -0.355 e. The maximum atomic E-state index is 3.51.